The molecule has 0 radical (unpaired) electrons. The second kappa shape index (κ2) is 12.2. The third kappa shape index (κ3) is 6.49. The number of nitrogens with zero attached hydrogens (tertiary/aromatic N) is 5. The topological polar surface area (TPSA) is 121 Å². The number of rotatable bonds is 8. The molecule has 1 aromatic carbocycles. The van der Waals surface area contributed by atoms with Gasteiger partial charge in [-0.15, -0.1) is 0 Å². The number of hydrogen-bond acceptors (Lipinski definition) is 9. The molecule has 5 rings (SSSR count). The van der Waals surface area contributed by atoms with E-state index in [0.717, 1.165) is 30.3 Å². The van der Waals surface area contributed by atoms with Crippen molar-refractivity contribution >= 4 is 34.2 Å². The Labute approximate surface area is 244 Å². The van der Waals surface area contributed by atoms with Gasteiger partial charge in [-0.1, -0.05) is 11.3 Å². The number of benzene rings is 1. The van der Waals surface area contributed by atoms with E-state index in [1.807, 2.05) is 4.90 Å². The fraction of sp³-hybridized carbons (Fsp3) is 0.464. The number of nitrogens with one attached hydrogen (secondary N) is 1. The number of thiazole rings is 1. The Morgan fingerprint density at radius 2 is 1.90 bits per heavy atom. The Morgan fingerprint density at radius 3 is 2.50 bits per heavy atom. The van der Waals surface area contributed by atoms with Crippen molar-refractivity contribution in [3.8, 4) is 17.0 Å². The Balaban J connectivity index is 1.37. The number of carbonyl (C=O) groups excluding carboxylic acids is 1. The largest absolute Gasteiger partial charge is 0.496 e. The van der Waals surface area contributed by atoms with E-state index >= 15 is 0 Å². The SMILES string of the molecule is COc1ccc(-c2nc(NC(=O)c3cnc(N4CCC(C(=O)O)CC4)cn3)sc2CN2CCC[C@H]2C)cc1C(F)(F)F. The Morgan fingerprint density at radius 1 is 1.14 bits per heavy atom. The van der Waals surface area contributed by atoms with Crippen molar-refractivity contribution in [3.05, 3.63) is 46.7 Å². The van der Waals surface area contributed by atoms with Gasteiger partial charge >= 0.3 is 12.1 Å². The molecule has 2 aromatic heterocycles. The highest BCUT2D eigenvalue weighted by atomic mass is 32.1. The third-order valence-corrected chi connectivity index (χ3v) is 8.73. The summed E-state index contributed by atoms with van der Waals surface area (Å²) in [6.07, 6.45) is 1.27. The normalized spacial score (nSPS) is 18.3. The van der Waals surface area contributed by atoms with E-state index in [1.54, 1.807) is 0 Å². The molecule has 0 saturated carbocycles. The van der Waals surface area contributed by atoms with E-state index in [2.05, 4.69) is 32.1 Å². The molecule has 1 atom stereocenters. The van der Waals surface area contributed by atoms with Crippen LogP contribution < -0.4 is 15.0 Å². The molecule has 1 amide bonds. The van der Waals surface area contributed by atoms with E-state index < -0.39 is 23.6 Å². The molecule has 14 heteroatoms. The maximum Gasteiger partial charge on any atom is 0.419 e. The van der Waals surface area contributed by atoms with Gasteiger partial charge in [0, 0.05) is 36.1 Å². The molecule has 0 aliphatic carbocycles. The summed E-state index contributed by atoms with van der Waals surface area (Å²) in [5.41, 5.74) is -0.204. The lowest BCUT2D eigenvalue weighted by Crippen LogP contribution is -2.36. The van der Waals surface area contributed by atoms with Gasteiger partial charge in [-0.2, -0.15) is 13.2 Å². The number of carboxylic acid groups (broad SMARTS) is 1. The molecule has 2 saturated heterocycles. The molecule has 224 valence electrons. The summed E-state index contributed by atoms with van der Waals surface area (Å²) in [7, 11) is 1.19. The van der Waals surface area contributed by atoms with E-state index in [1.165, 1.54) is 43.0 Å². The molecule has 2 aliphatic heterocycles. The number of ether oxygens (including phenoxy) is 1. The van der Waals surface area contributed by atoms with Crippen molar-refractivity contribution < 1.29 is 32.6 Å². The minimum atomic E-state index is -4.62. The highest BCUT2D eigenvalue weighted by Gasteiger charge is 2.35. The van der Waals surface area contributed by atoms with Crippen molar-refractivity contribution in [2.75, 3.05) is 37.0 Å². The summed E-state index contributed by atoms with van der Waals surface area (Å²) in [5.74, 6) is -1.46. The van der Waals surface area contributed by atoms with Gasteiger partial charge in [0.2, 0.25) is 0 Å². The highest BCUT2D eigenvalue weighted by Crippen LogP contribution is 2.41. The molecule has 4 heterocycles. The summed E-state index contributed by atoms with van der Waals surface area (Å²) in [6, 6.07) is 4.16. The van der Waals surface area contributed by atoms with Crippen molar-refractivity contribution in [1.82, 2.24) is 19.9 Å². The zero-order valence-corrected chi connectivity index (χ0v) is 24.0. The average Bonchev–Trinajstić information content (AvgIpc) is 3.57. The first-order valence-electron chi connectivity index (χ1n) is 13.6. The number of aliphatic carboxylic acids is 1. The predicted molar refractivity (Wildman–Crippen MR) is 151 cm³/mol. The Kier molecular flexibility index (Phi) is 8.64. The number of aromatic nitrogens is 3. The number of alkyl halides is 3. The molecular weight excluding hydrogens is 573 g/mol. The van der Waals surface area contributed by atoms with Gasteiger partial charge in [-0.3, -0.25) is 19.8 Å². The molecule has 10 nitrogen and oxygen atoms in total. The van der Waals surface area contributed by atoms with Crippen LogP contribution in [0, 0.1) is 5.92 Å². The fourth-order valence-corrected chi connectivity index (χ4v) is 6.35. The average molecular weight is 605 g/mol. The van der Waals surface area contributed by atoms with E-state index in [-0.39, 0.29) is 28.1 Å². The van der Waals surface area contributed by atoms with Crippen LogP contribution >= 0.6 is 11.3 Å². The summed E-state index contributed by atoms with van der Waals surface area (Å²) in [4.78, 5) is 42.3. The number of anilines is 2. The first-order chi connectivity index (χ1) is 20.0. The second-order valence-electron chi connectivity index (χ2n) is 10.5. The van der Waals surface area contributed by atoms with Gasteiger partial charge in [0.1, 0.15) is 17.3 Å². The summed E-state index contributed by atoms with van der Waals surface area (Å²) in [6.45, 7) is 4.52. The van der Waals surface area contributed by atoms with Crippen LogP contribution in [-0.4, -0.2) is 69.6 Å². The first kappa shape index (κ1) is 29.7. The van der Waals surface area contributed by atoms with Gasteiger partial charge in [0.15, 0.2) is 5.13 Å². The van der Waals surface area contributed by atoms with Crippen molar-refractivity contribution in [3.63, 3.8) is 0 Å². The number of hydrogen-bond donors (Lipinski definition) is 2. The maximum absolute atomic E-state index is 13.8. The summed E-state index contributed by atoms with van der Waals surface area (Å²) >= 11 is 1.22. The standard InChI is InChI=1S/C28H31F3N6O4S/c1-16-4-3-9-37(16)15-22-24(18-5-6-21(41-2)19(12-18)28(29,30)31)34-27(42-22)35-25(38)20-13-33-23(14-32-20)36-10-7-17(8-11-36)26(39)40/h5-6,12-14,16-17H,3-4,7-11,15H2,1-2H3,(H,39,40)(H,34,35,38)/t16-/m1/s1. The van der Waals surface area contributed by atoms with Crippen LogP contribution in [0.15, 0.2) is 30.6 Å². The highest BCUT2D eigenvalue weighted by molar-refractivity contribution is 7.16. The quantitative estimate of drug-likeness (QED) is 0.359. The summed E-state index contributed by atoms with van der Waals surface area (Å²) in [5, 5.41) is 12.2. The molecule has 0 spiro atoms. The van der Waals surface area contributed by atoms with Gasteiger partial charge in [-0.05, 0) is 57.4 Å². The lowest BCUT2D eigenvalue weighted by atomic mass is 9.97. The molecular formula is C28H31F3N6O4S. The van der Waals surface area contributed by atoms with E-state index in [4.69, 9.17) is 4.74 Å². The molecule has 2 fully saturated rings. The lowest BCUT2D eigenvalue weighted by molar-refractivity contribution is -0.142. The molecule has 2 aliphatic rings. The van der Waals surface area contributed by atoms with Crippen LogP contribution in [0.25, 0.3) is 11.3 Å². The van der Waals surface area contributed by atoms with Crippen molar-refractivity contribution in [1.29, 1.82) is 0 Å². The first-order valence-corrected chi connectivity index (χ1v) is 14.5. The van der Waals surface area contributed by atoms with Crippen molar-refractivity contribution in [2.24, 2.45) is 5.92 Å². The fourth-order valence-electron chi connectivity index (χ4n) is 5.35. The third-order valence-electron chi connectivity index (χ3n) is 7.77. The number of carbonyl (C=O) groups is 2. The van der Waals surface area contributed by atoms with Crippen LogP contribution in [-0.2, 0) is 17.5 Å². The number of piperidine rings is 1. The number of carboxylic acids is 1. The number of methoxy groups -OCH3 is 1. The van der Waals surface area contributed by atoms with Crippen LogP contribution in [0.4, 0.5) is 24.1 Å². The molecule has 0 bridgehead atoms. The molecule has 42 heavy (non-hydrogen) atoms. The Bertz CT molecular complexity index is 1440. The predicted octanol–water partition coefficient (Wildman–Crippen LogP) is 5.17. The zero-order valence-electron chi connectivity index (χ0n) is 23.1. The molecule has 0 unspecified atom stereocenters. The van der Waals surface area contributed by atoms with E-state index in [0.29, 0.717) is 50.0 Å². The van der Waals surface area contributed by atoms with Gasteiger partial charge in [-0.25, -0.2) is 15.0 Å². The zero-order chi connectivity index (χ0) is 30.0. The Hall–Kier alpha value is -3.78. The molecule has 2 N–H and O–H groups in total. The molecule has 3 aromatic rings. The summed E-state index contributed by atoms with van der Waals surface area (Å²) < 4.78 is 46.2. The number of amides is 1. The number of halogens is 3. The minimum absolute atomic E-state index is 0.0504. The van der Waals surface area contributed by atoms with Crippen molar-refractivity contribution in [2.45, 2.75) is 51.4 Å². The van der Waals surface area contributed by atoms with Gasteiger partial charge in [0.25, 0.3) is 5.91 Å². The lowest BCUT2D eigenvalue weighted by Gasteiger charge is -2.30. The van der Waals surface area contributed by atoms with E-state index in [9.17, 15) is 27.9 Å². The van der Waals surface area contributed by atoms with Crippen LogP contribution in [0.2, 0.25) is 0 Å². The number of likely N-dealkylation sites (tertiary alicyclic amines) is 1. The van der Waals surface area contributed by atoms with Crippen LogP contribution in [0.3, 0.4) is 0 Å². The second-order valence-corrected chi connectivity index (χ2v) is 11.6. The monoisotopic (exact) mass is 604 g/mol. The van der Waals surface area contributed by atoms with Gasteiger partial charge in [0.05, 0.1) is 36.7 Å². The smallest absolute Gasteiger partial charge is 0.419 e. The van der Waals surface area contributed by atoms with Crippen LogP contribution in [0.5, 0.6) is 5.75 Å². The maximum atomic E-state index is 13.8. The minimum Gasteiger partial charge on any atom is -0.496 e. The van der Waals surface area contributed by atoms with Gasteiger partial charge < -0.3 is 14.7 Å². The van der Waals surface area contributed by atoms with Crippen LogP contribution in [0.1, 0.15) is 53.5 Å².